The van der Waals surface area contributed by atoms with Gasteiger partial charge in [0, 0.05) is 29.7 Å². The Kier molecular flexibility index (Phi) is 4.94. The molecule has 1 N–H and O–H groups in total. The highest BCUT2D eigenvalue weighted by Gasteiger charge is 2.27. The molecule has 2 heterocycles. The number of nitrogens with zero attached hydrogens (tertiary/aromatic N) is 1. The third kappa shape index (κ3) is 3.60. The van der Waals surface area contributed by atoms with Gasteiger partial charge in [-0.15, -0.1) is 0 Å². The molecule has 0 unspecified atom stereocenters. The molecule has 1 aromatic heterocycles. The lowest BCUT2D eigenvalue weighted by Crippen LogP contribution is -2.44. The summed E-state index contributed by atoms with van der Waals surface area (Å²) in [7, 11) is 0. The molecule has 5 heteroatoms. The fourth-order valence-corrected chi connectivity index (χ4v) is 4.30. The fourth-order valence-electron chi connectivity index (χ4n) is 4.30. The van der Waals surface area contributed by atoms with Crippen LogP contribution in [0.4, 0.5) is 0 Å². The third-order valence-electron chi connectivity index (χ3n) is 6.06. The third-order valence-corrected chi connectivity index (χ3v) is 6.06. The molecule has 1 amide bonds. The number of nitrogens with one attached hydrogen (secondary N) is 1. The average Bonchev–Trinajstić information content (AvgIpc) is 3.05. The molecule has 2 aromatic rings. The summed E-state index contributed by atoms with van der Waals surface area (Å²) < 4.78 is 5.51. The molecular formula is C22H28N2O3. The second kappa shape index (κ2) is 7.37. The molecule has 0 radical (unpaired) electrons. The van der Waals surface area contributed by atoms with Gasteiger partial charge in [0.2, 0.25) is 0 Å². The molecule has 0 bridgehead atoms. The molecular weight excluding hydrogens is 340 g/mol. The largest absolute Gasteiger partial charge is 0.449 e. The Morgan fingerprint density at radius 1 is 1.19 bits per heavy atom. The normalized spacial score (nSPS) is 19.0. The van der Waals surface area contributed by atoms with Crippen molar-refractivity contribution >= 4 is 22.8 Å². The van der Waals surface area contributed by atoms with Gasteiger partial charge in [-0.05, 0) is 75.1 Å². The van der Waals surface area contributed by atoms with Crippen molar-refractivity contribution in [3.63, 3.8) is 0 Å². The van der Waals surface area contributed by atoms with Gasteiger partial charge in [0.1, 0.15) is 0 Å². The van der Waals surface area contributed by atoms with Crippen LogP contribution in [-0.4, -0.2) is 41.0 Å². The van der Waals surface area contributed by atoms with E-state index in [-0.39, 0.29) is 5.91 Å². The number of amides is 1. The summed E-state index contributed by atoms with van der Waals surface area (Å²) in [6, 6.07) is 5.65. The van der Waals surface area contributed by atoms with Crippen molar-refractivity contribution in [2.75, 3.05) is 13.1 Å². The molecule has 1 aliphatic heterocycles. The van der Waals surface area contributed by atoms with E-state index in [9.17, 15) is 9.59 Å². The van der Waals surface area contributed by atoms with Crippen LogP contribution in [0.3, 0.4) is 0 Å². The van der Waals surface area contributed by atoms with Gasteiger partial charge < -0.3 is 14.6 Å². The Labute approximate surface area is 160 Å². The molecule has 27 heavy (non-hydrogen) atoms. The van der Waals surface area contributed by atoms with E-state index in [1.165, 1.54) is 24.1 Å². The predicted molar refractivity (Wildman–Crippen MR) is 105 cm³/mol. The first-order chi connectivity index (χ1) is 13.0. The van der Waals surface area contributed by atoms with Gasteiger partial charge in [0.25, 0.3) is 5.91 Å². The number of likely N-dealkylation sites (tertiary alicyclic amines) is 1. The standard InChI is InChI=1S/C22H28N2O3/c1-14-9-11-24(12-10-14)21(25)15(2)27-22(26)16-7-8-20-18(13-16)17-5-3-4-6-19(17)23-20/h7-8,13-15,23H,3-6,9-12H2,1-2H3/t15-/m0/s1. The number of rotatable bonds is 3. The maximum absolute atomic E-state index is 12.6. The lowest BCUT2D eigenvalue weighted by molar-refractivity contribution is -0.141. The van der Waals surface area contributed by atoms with Crippen LogP contribution in [0.2, 0.25) is 0 Å². The van der Waals surface area contributed by atoms with Crippen molar-refractivity contribution < 1.29 is 14.3 Å². The van der Waals surface area contributed by atoms with E-state index in [1.807, 2.05) is 17.0 Å². The summed E-state index contributed by atoms with van der Waals surface area (Å²) in [5.41, 5.74) is 4.22. The lowest BCUT2D eigenvalue weighted by Gasteiger charge is -2.31. The van der Waals surface area contributed by atoms with Crippen LogP contribution in [0.15, 0.2) is 18.2 Å². The number of ether oxygens (including phenoxy) is 1. The molecule has 144 valence electrons. The number of esters is 1. The number of aryl methyl sites for hydroxylation is 2. The summed E-state index contributed by atoms with van der Waals surface area (Å²) >= 11 is 0. The molecule has 1 aromatic carbocycles. The molecule has 0 saturated carbocycles. The Balaban J connectivity index is 1.46. The summed E-state index contributed by atoms with van der Waals surface area (Å²) in [6.07, 6.45) is 5.81. The van der Waals surface area contributed by atoms with Gasteiger partial charge in [-0.2, -0.15) is 0 Å². The number of benzene rings is 1. The van der Waals surface area contributed by atoms with Crippen LogP contribution in [0, 0.1) is 5.92 Å². The van der Waals surface area contributed by atoms with Crippen molar-refractivity contribution in [1.29, 1.82) is 0 Å². The number of H-pyrrole nitrogens is 1. The number of aromatic amines is 1. The summed E-state index contributed by atoms with van der Waals surface area (Å²) in [4.78, 5) is 30.5. The second-order valence-electron chi connectivity index (χ2n) is 8.10. The molecule has 1 fully saturated rings. The fraction of sp³-hybridized carbons (Fsp3) is 0.545. The summed E-state index contributed by atoms with van der Waals surface area (Å²) in [5.74, 6) is 0.148. The maximum atomic E-state index is 12.6. The molecule has 1 atom stereocenters. The Hall–Kier alpha value is -2.30. The average molecular weight is 368 g/mol. The van der Waals surface area contributed by atoms with E-state index < -0.39 is 12.1 Å². The number of hydrogen-bond donors (Lipinski definition) is 1. The highest BCUT2D eigenvalue weighted by Crippen LogP contribution is 2.30. The SMILES string of the molecule is CC1CCN(C(=O)[C@H](C)OC(=O)c2ccc3[nH]c4c(c3c2)CCCC4)CC1. The minimum atomic E-state index is -0.748. The van der Waals surface area contributed by atoms with E-state index in [1.54, 1.807) is 13.0 Å². The van der Waals surface area contributed by atoms with Gasteiger partial charge in [-0.3, -0.25) is 4.79 Å². The maximum Gasteiger partial charge on any atom is 0.338 e. The minimum Gasteiger partial charge on any atom is -0.449 e. The number of hydrogen-bond acceptors (Lipinski definition) is 3. The lowest BCUT2D eigenvalue weighted by atomic mass is 9.95. The van der Waals surface area contributed by atoms with Gasteiger partial charge in [0.05, 0.1) is 5.56 Å². The van der Waals surface area contributed by atoms with Crippen LogP contribution in [0.25, 0.3) is 10.9 Å². The van der Waals surface area contributed by atoms with Crippen molar-refractivity contribution in [2.24, 2.45) is 5.92 Å². The van der Waals surface area contributed by atoms with E-state index in [4.69, 9.17) is 4.74 Å². The van der Waals surface area contributed by atoms with Crippen LogP contribution >= 0.6 is 0 Å². The van der Waals surface area contributed by atoms with Gasteiger partial charge in [0.15, 0.2) is 6.10 Å². The summed E-state index contributed by atoms with van der Waals surface area (Å²) in [5, 5.41) is 1.11. The first-order valence-corrected chi connectivity index (χ1v) is 10.2. The van der Waals surface area contributed by atoms with Crippen molar-refractivity contribution in [3.8, 4) is 0 Å². The quantitative estimate of drug-likeness (QED) is 0.837. The van der Waals surface area contributed by atoms with E-state index in [2.05, 4.69) is 11.9 Å². The number of aromatic nitrogens is 1. The molecule has 1 aliphatic carbocycles. The number of piperidine rings is 1. The number of carbonyl (C=O) groups is 2. The topological polar surface area (TPSA) is 62.4 Å². The molecule has 2 aliphatic rings. The Bertz CT molecular complexity index is 862. The molecule has 4 rings (SSSR count). The van der Waals surface area contributed by atoms with Crippen molar-refractivity contribution in [2.45, 2.75) is 58.5 Å². The zero-order chi connectivity index (χ0) is 19.0. The van der Waals surface area contributed by atoms with Crippen LogP contribution in [0.5, 0.6) is 0 Å². The number of fused-ring (bicyclic) bond motifs is 3. The monoisotopic (exact) mass is 368 g/mol. The zero-order valence-corrected chi connectivity index (χ0v) is 16.2. The van der Waals surface area contributed by atoms with Gasteiger partial charge in [-0.25, -0.2) is 4.79 Å². The zero-order valence-electron chi connectivity index (χ0n) is 16.2. The van der Waals surface area contributed by atoms with E-state index in [0.717, 1.165) is 49.7 Å². The van der Waals surface area contributed by atoms with Gasteiger partial charge >= 0.3 is 5.97 Å². The van der Waals surface area contributed by atoms with Crippen molar-refractivity contribution in [3.05, 3.63) is 35.0 Å². The van der Waals surface area contributed by atoms with E-state index in [0.29, 0.717) is 11.5 Å². The van der Waals surface area contributed by atoms with E-state index >= 15 is 0 Å². The molecule has 5 nitrogen and oxygen atoms in total. The first kappa shape index (κ1) is 18.1. The number of carbonyl (C=O) groups excluding carboxylic acids is 2. The van der Waals surface area contributed by atoms with Crippen molar-refractivity contribution in [1.82, 2.24) is 9.88 Å². The van der Waals surface area contributed by atoms with Gasteiger partial charge in [-0.1, -0.05) is 6.92 Å². The van der Waals surface area contributed by atoms with Crippen LogP contribution < -0.4 is 0 Å². The highest BCUT2D eigenvalue weighted by atomic mass is 16.5. The summed E-state index contributed by atoms with van der Waals surface area (Å²) in [6.45, 7) is 5.39. The van der Waals surface area contributed by atoms with Crippen LogP contribution in [0.1, 0.15) is 61.1 Å². The van der Waals surface area contributed by atoms with Crippen LogP contribution in [-0.2, 0) is 22.4 Å². The minimum absolute atomic E-state index is 0.0876. The predicted octanol–water partition coefficient (Wildman–Crippen LogP) is 3.85. The first-order valence-electron chi connectivity index (χ1n) is 10.2. The highest BCUT2D eigenvalue weighted by molar-refractivity contribution is 5.97. The Morgan fingerprint density at radius 3 is 2.70 bits per heavy atom. The Morgan fingerprint density at radius 2 is 1.93 bits per heavy atom. The second-order valence-corrected chi connectivity index (χ2v) is 8.10. The smallest absolute Gasteiger partial charge is 0.338 e. The molecule has 1 saturated heterocycles. The molecule has 0 spiro atoms.